The summed E-state index contributed by atoms with van der Waals surface area (Å²) in [4.78, 5) is 25.5. The van der Waals surface area contributed by atoms with Crippen LogP contribution in [-0.4, -0.2) is 50.3 Å². The Morgan fingerprint density at radius 2 is 1.80 bits per heavy atom. The van der Waals surface area contributed by atoms with E-state index in [4.69, 9.17) is 5.73 Å². The maximum atomic E-state index is 12.5. The largest absolute Gasteiger partial charge is 0.369 e. The van der Waals surface area contributed by atoms with Crippen molar-refractivity contribution in [2.75, 3.05) is 18.8 Å². The first-order chi connectivity index (χ1) is 12.1. The van der Waals surface area contributed by atoms with Gasteiger partial charge in [0.05, 0.1) is 5.75 Å². The molecule has 1 saturated carbocycles. The summed E-state index contributed by atoms with van der Waals surface area (Å²) in [5, 5.41) is 9.37. The zero-order valence-corrected chi connectivity index (χ0v) is 15.6. The minimum absolute atomic E-state index is 0.0891. The molecule has 3 rings (SSSR count). The highest BCUT2D eigenvalue weighted by Crippen LogP contribution is 2.32. The van der Waals surface area contributed by atoms with Gasteiger partial charge in [-0.3, -0.25) is 9.59 Å². The Labute approximate surface area is 152 Å². The van der Waals surface area contributed by atoms with E-state index in [0.29, 0.717) is 37.7 Å². The van der Waals surface area contributed by atoms with Crippen molar-refractivity contribution in [3.05, 3.63) is 5.82 Å². The number of amides is 2. The van der Waals surface area contributed by atoms with Crippen LogP contribution >= 0.6 is 11.8 Å². The van der Waals surface area contributed by atoms with Gasteiger partial charge in [-0.15, -0.1) is 10.2 Å². The number of primary amides is 1. The molecule has 0 aromatic carbocycles. The number of hydrogen-bond donors (Lipinski definition) is 1. The molecule has 1 aliphatic carbocycles. The van der Waals surface area contributed by atoms with Gasteiger partial charge in [-0.2, -0.15) is 0 Å². The van der Waals surface area contributed by atoms with Gasteiger partial charge in [-0.1, -0.05) is 31.0 Å². The van der Waals surface area contributed by atoms with Gasteiger partial charge < -0.3 is 15.2 Å². The zero-order chi connectivity index (χ0) is 17.8. The minimum atomic E-state index is -0.252. The standard InChI is InChI=1S/C17H27N5O2S/c1-12-19-20-17(22(12)14-5-3-2-4-6-14)25-11-15(23)21-9-7-13(8-10-21)16(18)24/h13-14H,2-11H2,1H3,(H2,18,24). The quantitative estimate of drug-likeness (QED) is 0.804. The first-order valence-corrected chi connectivity index (χ1v) is 10.2. The van der Waals surface area contributed by atoms with Crippen molar-refractivity contribution in [1.82, 2.24) is 19.7 Å². The Bertz CT molecular complexity index is 619. The number of likely N-dealkylation sites (tertiary alicyclic amines) is 1. The Balaban J connectivity index is 1.55. The van der Waals surface area contributed by atoms with E-state index < -0.39 is 0 Å². The molecule has 2 heterocycles. The van der Waals surface area contributed by atoms with Gasteiger partial charge >= 0.3 is 0 Å². The second-order valence-corrected chi connectivity index (χ2v) is 7.98. The molecule has 1 aliphatic heterocycles. The van der Waals surface area contributed by atoms with E-state index in [1.54, 1.807) is 0 Å². The van der Waals surface area contributed by atoms with Crippen LogP contribution in [0.15, 0.2) is 5.16 Å². The molecule has 7 nitrogen and oxygen atoms in total. The fraction of sp³-hybridized carbons (Fsp3) is 0.765. The summed E-state index contributed by atoms with van der Waals surface area (Å²) in [7, 11) is 0. The average Bonchev–Trinajstić information content (AvgIpc) is 3.01. The summed E-state index contributed by atoms with van der Waals surface area (Å²) in [6.45, 7) is 3.21. The number of aromatic nitrogens is 3. The first-order valence-electron chi connectivity index (χ1n) is 9.17. The zero-order valence-electron chi connectivity index (χ0n) is 14.8. The second-order valence-electron chi connectivity index (χ2n) is 7.04. The highest BCUT2D eigenvalue weighted by molar-refractivity contribution is 7.99. The third kappa shape index (κ3) is 4.34. The number of piperidine rings is 1. The van der Waals surface area contributed by atoms with Gasteiger partial charge in [0.25, 0.3) is 0 Å². The molecule has 0 unspecified atom stereocenters. The van der Waals surface area contributed by atoms with E-state index >= 15 is 0 Å². The molecule has 2 fully saturated rings. The van der Waals surface area contributed by atoms with Crippen LogP contribution in [0.3, 0.4) is 0 Å². The second kappa shape index (κ2) is 8.21. The molecule has 25 heavy (non-hydrogen) atoms. The van der Waals surface area contributed by atoms with Crippen molar-refractivity contribution in [2.24, 2.45) is 11.7 Å². The molecule has 1 aromatic rings. The molecular formula is C17H27N5O2S. The number of rotatable bonds is 5. The summed E-state index contributed by atoms with van der Waals surface area (Å²) >= 11 is 1.48. The van der Waals surface area contributed by atoms with Crippen molar-refractivity contribution in [1.29, 1.82) is 0 Å². The van der Waals surface area contributed by atoms with Crippen LogP contribution in [0, 0.1) is 12.8 Å². The van der Waals surface area contributed by atoms with Crippen molar-refractivity contribution < 1.29 is 9.59 Å². The third-order valence-electron chi connectivity index (χ3n) is 5.35. The van der Waals surface area contributed by atoms with Crippen molar-refractivity contribution in [2.45, 2.75) is 63.1 Å². The molecule has 2 aliphatic rings. The van der Waals surface area contributed by atoms with E-state index in [9.17, 15) is 9.59 Å². The molecule has 0 atom stereocenters. The Morgan fingerprint density at radius 3 is 2.44 bits per heavy atom. The van der Waals surface area contributed by atoms with Gasteiger partial charge in [0.1, 0.15) is 5.82 Å². The fourth-order valence-electron chi connectivity index (χ4n) is 3.84. The van der Waals surface area contributed by atoms with Crippen LogP contribution in [0.25, 0.3) is 0 Å². The fourth-order valence-corrected chi connectivity index (χ4v) is 4.79. The lowest BCUT2D eigenvalue weighted by Gasteiger charge is -2.30. The molecule has 0 radical (unpaired) electrons. The number of hydrogen-bond acceptors (Lipinski definition) is 5. The topological polar surface area (TPSA) is 94.1 Å². The molecule has 0 spiro atoms. The maximum absolute atomic E-state index is 12.5. The highest BCUT2D eigenvalue weighted by Gasteiger charge is 2.27. The molecule has 2 N–H and O–H groups in total. The smallest absolute Gasteiger partial charge is 0.233 e. The average molecular weight is 366 g/mol. The Hall–Kier alpha value is -1.57. The molecule has 1 saturated heterocycles. The lowest BCUT2D eigenvalue weighted by atomic mass is 9.95. The van der Waals surface area contributed by atoms with Gasteiger partial charge in [0.15, 0.2) is 5.16 Å². The number of thioether (sulfide) groups is 1. The lowest BCUT2D eigenvalue weighted by molar-refractivity contribution is -0.132. The summed E-state index contributed by atoms with van der Waals surface area (Å²) in [6.07, 6.45) is 7.48. The maximum Gasteiger partial charge on any atom is 0.233 e. The van der Waals surface area contributed by atoms with Crippen LogP contribution in [-0.2, 0) is 9.59 Å². The van der Waals surface area contributed by atoms with E-state index in [-0.39, 0.29) is 17.7 Å². The van der Waals surface area contributed by atoms with E-state index in [2.05, 4.69) is 14.8 Å². The molecule has 138 valence electrons. The van der Waals surface area contributed by atoms with Gasteiger partial charge in [-0.25, -0.2) is 0 Å². The number of nitrogens with zero attached hydrogens (tertiary/aromatic N) is 4. The Kier molecular flexibility index (Phi) is 5.98. The molecule has 8 heteroatoms. The summed E-state index contributed by atoms with van der Waals surface area (Å²) < 4.78 is 2.22. The van der Waals surface area contributed by atoms with Crippen LogP contribution in [0.4, 0.5) is 0 Å². The molecule has 0 bridgehead atoms. The van der Waals surface area contributed by atoms with Gasteiger partial charge in [0, 0.05) is 25.0 Å². The summed E-state index contributed by atoms with van der Waals surface area (Å²) in [5.41, 5.74) is 5.35. The van der Waals surface area contributed by atoms with Crippen molar-refractivity contribution in [3.8, 4) is 0 Å². The number of nitrogens with two attached hydrogens (primary N) is 1. The normalized spacial score (nSPS) is 20.0. The van der Waals surface area contributed by atoms with E-state index in [0.717, 1.165) is 11.0 Å². The molecule has 1 aromatic heterocycles. The van der Waals surface area contributed by atoms with Gasteiger partial charge in [0.2, 0.25) is 11.8 Å². The van der Waals surface area contributed by atoms with Crippen LogP contribution in [0.5, 0.6) is 0 Å². The van der Waals surface area contributed by atoms with Crippen LogP contribution in [0.2, 0.25) is 0 Å². The van der Waals surface area contributed by atoms with Crippen LogP contribution in [0.1, 0.15) is 56.8 Å². The molecule has 2 amide bonds. The van der Waals surface area contributed by atoms with E-state index in [1.807, 2.05) is 11.8 Å². The molecular weight excluding hydrogens is 338 g/mol. The monoisotopic (exact) mass is 365 g/mol. The third-order valence-corrected chi connectivity index (χ3v) is 6.28. The SMILES string of the molecule is Cc1nnc(SCC(=O)N2CCC(C(N)=O)CC2)n1C1CCCCC1. The predicted molar refractivity (Wildman–Crippen MR) is 96.1 cm³/mol. The summed E-state index contributed by atoms with van der Waals surface area (Å²) in [5.74, 6) is 1.06. The Morgan fingerprint density at radius 1 is 1.12 bits per heavy atom. The lowest BCUT2D eigenvalue weighted by Crippen LogP contribution is -2.42. The van der Waals surface area contributed by atoms with E-state index in [1.165, 1.54) is 43.9 Å². The number of carbonyl (C=O) groups is 2. The van der Waals surface area contributed by atoms with Gasteiger partial charge in [-0.05, 0) is 32.6 Å². The summed E-state index contributed by atoms with van der Waals surface area (Å²) in [6, 6.07) is 0.465. The first kappa shape index (κ1) is 18.2. The minimum Gasteiger partial charge on any atom is -0.369 e. The van der Waals surface area contributed by atoms with Crippen molar-refractivity contribution >= 4 is 23.6 Å². The van der Waals surface area contributed by atoms with Crippen LogP contribution < -0.4 is 5.73 Å². The predicted octanol–water partition coefficient (Wildman–Crippen LogP) is 1.91. The number of carbonyl (C=O) groups excluding carboxylic acids is 2. The van der Waals surface area contributed by atoms with Crippen molar-refractivity contribution in [3.63, 3.8) is 0 Å². The number of aryl methyl sites for hydroxylation is 1. The highest BCUT2D eigenvalue weighted by atomic mass is 32.2.